The first-order valence-electron chi connectivity index (χ1n) is 10.4. The lowest BCUT2D eigenvalue weighted by Gasteiger charge is -2.21. The molecule has 166 valence electrons. The zero-order chi connectivity index (χ0) is 23.6. The number of ketones is 2. The predicted octanol–water partition coefficient (Wildman–Crippen LogP) is 5.88. The topological polar surface area (TPSA) is 77.3 Å². The Hall–Kier alpha value is -3.83. The van der Waals surface area contributed by atoms with E-state index in [1.165, 1.54) is 12.2 Å². The summed E-state index contributed by atoms with van der Waals surface area (Å²) in [5.74, 6) is -3.19. The fourth-order valence-corrected chi connectivity index (χ4v) is 3.63. The zero-order valence-corrected chi connectivity index (χ0v) is 18.5. The summed E-state index contributed by atoms with van der Waals surface area (Å²) in [5.41, 5.74) is 2.08. The quantitative estimate of drug-likeness (QED) is 0.164. The van der Waals surface area contributed by atoms with E-state index in [1.807, 2.05) is 60.7 Å². The van der Waals surface area contributed by atoms with E-state index in [4.69, 9.17) is 11.6 Å². The van der Waals surface area contributed by atoms with Gasteiger partial charge in [0.25, 0.3) is 0 Å². The molecule has 0 heterocycles. The zero-order valence-electron chi connectivity index (χ0n) is 17.7. The molecule has 0 aliphatic heterocycles. The molecule has 33 heavy (non-hydrogen) atoms. The number of allylic oxidation sites excluding steroid dienone is 2. The molecule has 3 rings (SSSR count). The van der Waals surface area contributed by atoms with Crippen LogP contribution in [0.1, 0.15) is 22.6 Å². The second-order valence-corrected chi connectivity index (χ2v) is 7.88. The van der Waals surface area contributed by atoms with Crippen LogP contribution in [0.15, 0.2) is 97.1 Å². The summed E-state index contributed by atoms with van der Waals surface area (Å²) < 4.78 is 0. The highest BCUT2D eigenvalue weighted by Crippen LogP contribution is 2.29. The number of hydrogen-bond acceptors (Lipinski definition) is 4. The molecule has 3 aromatic carbocycles. The smallest absolute Gasteiger partial charge is 0.211 e. The average molecular weight is 460 g/mol. The molecule has 0 saturated heterocycles. The molecule has 0 bridgehead atoms. The molecule has 0 aromatic heterocycles. The molecule has 0 radical (unpaired) electrons. The van der Waals surface area contributed by atoms with E-state index in [1.54, 1.807) is 36.4 Å². The number of carbonyl (C=O) groups excluding carboxylic acids is 2. The molecular formula is C27H22ClNO4. The van der Waals surface area contributed by atoms with E-state index >= 15 is 0 Å². The summed E-state index contributed by atoms with van der Waals surface area (Å²) in [6.45, 7) is -0.567. The van der Waals surface area contributed by atoms with E-state index in [9.17, 15) is 19.7 Å². The Kier molecular flexibility index (Phi) is 8.44. The number of carbonyl (C=O) groups is 2. The summed E-state index contributed by atoms with van der Waals surface area (Å²) in [6.07, 6.45) is 5.84. The van der Waals surface area contributed by atoms with Crippen LogP contribution in [0.3, 0.4) is 0 Å². The molecule has 0 amide bonds. The first-order chi connectivity index (χ1) is 15.9. The lowest BCUT2D eigenvalue weighted by Crippen LogP contribution is -2.32. The van der Waals surface area contributed by atoms with Crippen molar-refractivity contribution in [2.75, 3.05) is 6.54 Å². The molecule has 0 aliphatic rings. The molecule has 1 atom stereocenters. The van der Waals surface area contributed by atoms with Gasteiger partial charge in [0.1, 0.15) is 0 Å². The lowest BCUT2D eigenvalue weighted by molar-refractivity contribution is -0.484. The maximum absolute atomic E-state index is 13.2. The Labute approximate surface area is 197 Å². The molecule has 3 aromatic rings. The van der Waals surface area contributed by atoms with E-state index in [0.29, 0.717) is 10.6 Å². The van der Waals surface area contributed by atoms with Crippen LogP contribution in [-0.4, -0.2) is 23.0 Å². The number of hydrogen-bond donors (Lipinski definition) is 0. The largest absolute Gasteiger partial charge is 0.294 e. The first-order valence-corrected chi connectivity index (χ1v) is 10.7. The number of nitrogens with zero attached hydrogens (tertiary/aromatic N) is 1. The summed E-state index contributed by atoms with van der Waals surface area (Å²) in [4.78, 5) is 37.5. The standard InChI is InChI=1S/C27H22ClNO4/c28-23-15-13-22(14-16-23)24(19-29(32)33)27(25(30)17-11-20-7-3-1-4-8-20)26(31)18-12-21-9-5-2-6-10-21/h1-18,24,27H,19H2/b17-11+,18-12+/t24-/m0/s1. The van der Waals surface area contributed by atoms with Gasteiger partial charge in [-0.15, -0.1) is 0 Å². The van der Waals surface area contributed by atoms with E-state index in [2.05, 4.69) is 0 Å². The van der Waals surface area contributed by atoms with Gasteiger partial charge in [0, 0.05) is 9.95 Å². The average Bonchev–Trinajstić information content (AvgIpc) is 2.82. The summed E-state index contributed by atoms with van der Waals surface area (Å²) in [7, 11) is 0. The molecule has 0 aliphatic carbocycles. The second kappa shape index (κ2) is 11.7. The van der Waals surface area contributed by atoms with Gasteiger partial charge in [0.2, 0.25) is 6.54 Å². The number of rotatable bonds is 10. The molecular weight excluding hydrogens is 438 g/mol. The minimum absolute atomic E-state index is 0.459. The second-order valence-electron chi connectivity index (χ2n) is 7.44. The molecule has 5 nitrogen and oxygen atoms in total. The van der Waals surface area contributed by atoms with E-state index < -0.39 is 34.9 Å². The van der Waals surface area contributed by atoms with Crippen LogP contribution < -0.4 is 0 Å². The highest BCUT2D eigenvalue weighted by molar-refractivity contribution is 6.30. The Morgan fingerprint density at radius 2 is 1.24 bits per heavy atom. The fourth-order valence-electron chi connectivity index (χ4n) is 3.50. The highest BCUT2D eigenvalue weighted by Gasteiger charge is 2.36. The number of nitro groups is 1. The Balaban J connectivity index is 1.99. The van der Waals surface area contributed by atoms with Gasteiger partial charge in [0.05, 0.1) is 11.8 Å². The van der Waals surface area contributed by atoms with Crippen LogP contribution in [-0.2, 0) is 9.59 Å². The van der Waals surface area contributed by atoms with Crippen molar-refractivity contribution in [1.82, 2.24) is 0 Å². The van der Waals surface area contributed by atoms with E-state index in [0.717, 1.165) is 11.1 Å². The monoisotopic (exact) mass is 459 g/mol. The maximum atomic E-state index is 13.2. The van der Waals surface area contributed by atoms with Crippen molar-refractivity contribution in [3.63, 3.8) is 0 Å². The van der Waals surface area contributed by atoms with Crippen LogP contribution >= 0.6 is 11.6 Å². The third kappa shape index (κ3) is 7.09. The molecule has 0 fully saturated rings. The van der Waals surface area contributed by atoms with Gasteiger partial charge >= 0.3 is 0 Å². The molecule has 0 unspecified atom stereocenters. The van der Waals surface area contributed by atoms with Crippen molar-refractivity contribution >= 4 is 35.3 Å². The van der Waals surface area contributed by atoms with Crippen LogP contribution in [0.5, 0.6) is 0 Å². The van der Waals surface area contributed by atoms with Gasteiger partial charge in [-0.1, -0.05) is 96.5 Å². The van der Waals surface area contributed by atoms with Gasteiger partial charge < -0.3 is 0 Å². The Bertz CT molecular complexity index is 1090. The van der Waals surface area contributed by atoms with E-state index in [-0.39, 0.29) is 0 Å². The number of benzene rings is 3. The van der Waals surface area contributed by atoms with Crippen LogP contribution in [0.2, 0.25) is 5.02 Å². The van der Waals surface area contributed by atoms with Crippen molar-refractivity contribution < 1.29 is 14.5 Å². The molecule has 0 spiro atoms. The van der Waals surface area contributed by atoms with Crippen LogP contribution in [0.4, 0.5) is 0 Å². The fraction of sp³-hybridized carbons (Fsp3) is 0.111. The number of halogens is 1. The van der Waals surface area contributed by atoms with Gasteiger partial charge in [-0.05, 0) is 41.0 Å². The SMILES string of the molecule is O=C(/C=C/c1ccccc1)C(C(=O)/C=C/c1ccccc1)[C@@H](C[N+](=O)[O-])c1ccc(Cl)cc1. The summed E-state index contributed by atoms with van der Waals surface area (Å²) in [5, 5.41) is 11.9. The predicted molar refractivity (Wildman–Crippen MR) is 131 cm³/mol. The van der Waals surface area contributed by atoms with Crippen molar-refractivity contribution in [2.24, 2.45) is 5.92 Å². The first kappa shape index (κ1) is 23.8. The van der Waals surface area contributed by atoms with Crippen LogP contribution in [0, 0.1) is 16.0 Å². The van der Waals surface area contributed by atoms with Crippen molar-refractivity contribution in [1.29, 1.82) is 0 Å². The van der Waals surface area contributed by atoms with Gasteiger partial charge in [-0.2, -0.15) is 0 Å². The molecule has 0 saturated carbocycles. The van der Waals surface area contributed by atoms with Gasteiger partial charge in [0.15, 0.2) is 11.6 Å². The lowest BCUT2D eigenvalue weighted by atomic mass is 9.80. The van der Waals surface area contributed by atoms with Crippen molar-refractivity contribution in [3.8, 4) is 0 Å². The minimum atomic E-state index is -1.25. The third-order valence-corrected chi connectivity index (χ3v) is 5.39. The maximum Gasteiger partial charge on any atom is 0.211 e. The van der Waals surface area contributed by atoms with Crippen molar-refractivity contribution in [3.05, 3.63) is 129 Å². The summed E-state index contributed by atoms with van der Waals surface area (Å²) in [6, 6.07) is 24.7. The Morgan fingerprint density at radius 3 is 1.67 bits per heavy atom. The minimum Gasteiger partial charge on any atom is -0.294 e. The van der Waals surface area contributed by atoms with Crippen molar-refractivity contribution in [2.45, 2.75) is 5.92 Å². The van der Waals surface area contributed by atoms with Crippen LogP contribution in [0.25, 0.3) is 12.2 Å². The Morgan fingerprint density at radius 1 is 0.788 bits per heavy atom. The highest BCUT2D eigenvalue weighted by atomic mass is 35.5. The molecule has 0 N–H and O–H groups in total. The van der Waals surface area contributed by atoms with Gasteiger partial charge in [-0.3, -0.25) is 19.7 Å². The summed E-state index contributed by atoms with van der Waals surface area (Å²) >= 11 is 5.97. The normalized spacial score (nSPS) is 12.3. The molecule has 6 heteroatoms. The van der Waals surface area contributed by atoms with Gasteiger partial charge in [-0.25, -0.2) is 0 Å². The third-order valence-electron chi connectivity index (χ3n) is 5.14.